The first-order valence-corrected chi connectivity index (χ1v) is 9.34. The van der Waals surface area contributed by atoms with Gasteiger partial charge in [-0.1, -0.05) is 53.5 Å². The number of alkyl halides is 3. The second-order valence-electron chi connectivity index (χ2n) is 6.74. The van der Waals surface area contributed by atoms with Crippen LogP contribution in [-0.4, -0.2) is 29.9 Å². The lowest BCUT2D eigenvalue weighted by molar-refractivity contribution is -0.156. The van der Waals surface area contributed by atoms with Crippen LogP contribution in [0.2, 0.25) is 10.0 Å². The molecular formula is C20H18Cl2F3NO. The quantitative estimate of drug-likeness (QED) is 0.573. The Hall–Kier alpha value is -1.56. The van der Waals surface area contributed by atoms with Crippen molar-refractivity contribution < 1.29 is 18.0 Å². The van der Waals surface area contributed by atoms with Crippen LogP contribution in [0, 0.1) is 0 Å². The molecule has 1 aliphatic carbocycles. The van der Waals surface area contributed by atoms with Gasteiger partial charge in [-0.2, -0.15) is 13.2 Å². The largest absolute Gasteiger partial charge is 0.446 e. The molecule has 0 saturated heterocycles. The lowest BCUT2D eigenvalue weighted by atomic mass is 9.84. The minimum Gasteiger partial charge on any atom is -0.295 e. The summed E-state index contributed by atoms with van der Waals surface area (Å²) in [4.78, 5) is 11.3. The van der Waals surface area contributed by atoms with Crippen molar-refractivity contribution in [2.24, 2.45) is 0 Å². The average Bonchev–Trinajstić information content (AvgIpc) is 3.47. The van der Waals surface area contributed by atoms with Crippen LogP contribution < -0.4 is 0 Å². The first-order valence-electron chi connectivity index (χ1n) is 8.58. The number of aldehydes is 1. The monoisotopic (exact) mass is 415 g/mol. The second kappa shape index (κ2) is 8.21. The topological polar surface area (TPSA) is 20.3 Å². The van der Waals surface area contributed by atoms with Gasteiger partial charge in [-0.25, -0.2) is 0 Å². The van der Waals surface area contributed by atoms with Gasteiger partial charge in [-0.05, 0) is 41.7 Å². The normalized spacial score (nSPS) is 19.7. The highest BCUT2D eigenvalue weighted by Gasteiger charge is 2.36. The van der Waals surface area contributed by atoms with Crippen molar-refractivity contribution in [1.82, 2.24) is 4.90 Å². The molecule has 1 fully saturated rings. The van der Waals surface area contributed by atoms with E-state index in [9.17, 15) is 13.2 Å². The standard InChI is InChI=1S/C18H17Cl2N.C2HF3O/c19-13-8-15-16(12-4-2-1-3-5-12)10-21(14-6-7-14)11-17(15)18(20)9-13;3-2(4,5)1-6/h1-5,8-9,14,16H,6-7,10-11H2;1H. The number of hydrogen-bond acceptors (Lipinski definition) is 2. The molecule has 0 N–H and O–H groups in total. The first kappa shape index (κ1) is 20.2. The van der Waals surface area contributed by atoms with Gasteiger partial charge >= 0.3 is 6.18 Å². The molecule has 1 aliphatic heterocycles. The van der Waals surface area contributed by atoms with Crippen molar-refractivity contribution in [3.05, 3.63) is 69.2 Å². The Labute approximate surface area is 165 Å². The summed E-state index contributed by atoms with van der Waals surface area (Å²) in [7, 11) is 0. The molecule has 7 heteroatoms. The number of benzene rings is 2. The zero-order chi connectivity index (χ0) is 19.6. The van der Waals surface area contributed by atoms with E-state index in [0.29, 0.717) is 5.92 Å². The van der Waals surface area contributed by atoms with Crippen molar-refractivity contribution in [2.45, 2.75) is 37.5 Å². The van der Waals surface area contributed by atoms with Crippen LogP contribution in [0.5, 0.6) is 0 Å². The highest BCUT2D eigenvalue weighted by atomic mass is 35.5. The molecule has 1 heterocycles. The Bertz CT molecular complexity index is 807. The van der Waals surface area contributed by atoms with Gasteiger partial charge < -0.3 is 0 Å². The van der Waals surface area contributed by atoms with Crippen LogP contribution in [-0.2, 0) is 11.3 Å². The molecule has 2 aromatic carbocycles. The third kappa shape index (κ3) is 5.24. The molecule has 1 unspecified atom stereocenters. The second-order valence-corrected chi connectivity index (χ2v) is 7.58. The van der Waals surface area contributed by atoms with Crippen LogP contribution in [0.1, 0.15) is 35.4 Å². The van der Waals surface area contributed by atoms with E-state index < -0.39 is 12.5 Å². The van der Waals surface area contributed by atoms with Crippen LogP contribution in [0.4, 0.5) is 13.2 Å². The van der Waals surface area contributed by atoms with Crippen LogP contribution in [0.3, 0.4) is 0 Å². The summed E-state index contributed by atoms with van der Waals surface area (Å²) < 4.78 is 31.2. The van der Waals surface area contributed by atoms with Crippen LogP contribution in [0.25, 0.3) is 0 Å². The summed E-state index contributed by atoms with van der Waals surface area (Å²) in [6, 6.07) is 15.4. The van der Waals surface area contributed by atoms with E-state index in [4.69, 9.17) is 28.0 Å². The maximum Gasteiger partial charge on any atom is 0.446 e. The molecule has 2 aromatic rings. The SMILES string of the molecule is Clc1cc(Cl)c2c(c1)C(c1ccccc1)CN(C1CC1)C2.O=CC(F)(F)F. The van der Waals surface area contributed by atoms with E-state index in [2.05, 4.69) is 41.3 Å². The fourth-order valence-corrected chi connectivity index (χ4v) is 3.96. The maximum absolute atomic E-state index is 10.4. The number of fused-ring (bicyclic) bond motifs is 1. The molecule has 0 spiro atoms. The fraction of sp³-hybridized carbons (Fsp3) is 0.350. The summed E-state index contributed by atoms with van der Waals surface area (Å²) in [5.41, 5.74) is 3.91. The minimum absolute atomic E-state index is 0.367. The van der Waals surface area contributed by atoms with Crippen molar-refractivity contribution in [2.75, 3.05) is 6.54 Å². The number of hydrogen-bond donors (Lipinski definition) is 0. The van der Waals surface area contributed by atoms with E-state index >= 15 is 0 Å². The smallest absolute Gasteiger partial charge is 0.295 e. The Morgan fingerprint density at radius 2 is 1.70 bits per heavy atom. The summed E-state index contributed by atoms with van der Waals surface area (Å²) in [6.45, 7) is 2.03. The molecule has 0 bridgehead atoms. The zero-order valence-corrected chi connectivity index (χ0v) is 15.9. The third-order valence-corrected chi connectivity index (χ3v) is 5.30. The maximum atomic E-state index is 10.4. The highest BCUT2D eigenvalue weighted by Crippen LogP contribution is 2.42. The summed E-state index contributed by atoms with van der Waals surface area (Å²) in [5.74, 6) is 0.367. The van der Waals surface area contributed by atoms with Gasteiger partial charge in [0.05, 0.1) is 0 Å². The van der Waals surface area contributed by atoms with Crippen molar-refractivity contribution in [3.63, 3.8) is 0 Å². The predicted octanol–water partition coefficient (Wildman–Crippen LogP) is 5.85. The first-order chi connectivity index (χ1) is 12.8. The van der Waals surface area contributed by atoms with Gasteiger partial charge in [0.1, 0.15) is 0 Å². The van der Waals surface area contributed by atoms with Gasteiger partial charge in [0.2, 0.25) is 6.29 Å². The van der Waals surface area contributed by atoms with Gasteiger partial charge in [0.25, 0.3) is 0 Å². The predicted molar refractivity (Wildman–Crippen MR) is 100 cm³/mol. The molecule has 2 nitrogen and oxygen atoms in total. The lowest BCUT2D eigenvalue weighted by Crippen LogP contribution is -2.35. The van der Waals surface area contributed by atoms with Gasteiger partial charge in [0, 0.05) is 35.1 Å². The Balaban J connectivity index is 0.000000307. The third-order valence-electron chi connectivity index (χ3n) is 4.75. The number of nitrogens with zero attached hydrogens (tertiary/aromatic N) is 1. The van der Waals surface area contributed by atoms with Crippen molar-refractivity contribution in [3.8, 4) is 0 Å². The number of rotatable bonds is 2. The van der Waals surface area contributed by atoms with E-state index in [1.807, 2.05) is 6.07 Å². The number of halogens is 5. The number of carbonyl (C=O) groups excluding carboxylic acids is 1. The molecule has 144 valence electrons. The molecule has 4 rings (SSSR count). The lowest BCUT2D eigenvalue weighted by Gasteiger charge is -2.36. The minimum atomic E-state index is -4.64. The van der Waals surface area contributed by atoms with Gasteiger partial charge in [0.15, 0.2) is 0 Å². The van der Waals surface area contributed by atoms with Crippen LogP contribution in [0.15, 0.2) is 42.5 Å². The van der Waals surface area contributed by atoms with Gasteiger partial charge in [-0.3, -0.25) is 9.69 Å². The zero-order valence-electron chi connectivity index (χ0n) is 14.3. The van der Waals surface area contributed by atoms with Crippen molar-refractivity contribution in [1.29, 1.82) is 0 Å². The van der Waals surface area contributed by atoms with Crippen LogP contribution >= 0.6 is 23.2 Å². The average molecular weight is 416 g/mol. The van der Waals surface area contributed by atoms with Gasteiger partial charge in [-0.15, -0.1) is 0 Å². The Kier molecular flexibility index (Phi) is 6.14. The number of carbonyl (C=O) groups is 1. The summed E-state index contributed by atoms with van der Waals surface area (Å²) in [5, 5.41) is 1.54. The van der Waals surface area contributed by atoms with E-state index in [0.717, 1.165) is 29.2 Å². The highest BCUT2D eigenvalue weighted by molar-refractivity contribution is 6.35. The molecular weight excluding hydrogens is 398 g/mol. The molecule has 1 saturated carbocycles. The molecule has 27 heavy (non-hydrogen) atoms. The summed E-state index contributed by atoms with van der Waals surface area (Å²) in [6.07, 6.45) is -3.06. The molecule has 0 amide bonds. The Morgan fingerprint density at radius 1 is 1.07 bits per heavy atom. The molecule has 0 radical (unpaired) electrons. The molecule has 2 aliphatic rings. The van der Waals surface area contributed by atoms with Crippen molar-refractivity contribution >= 4 is 29.5 Å². The fourth-order valence-electron chi connectivity index (χ4n) is 3.39. The summed E-state index contributed by atoms with van der Waals surface area (Å²) >= 11 is 12.7. The van der Waals surface area contributed by atoms with E-state index in [1.54, 1.807) is 0 Å². The Morgan fingerprint density at radius 3 is 2.26 bits per heavy atom. The van der Waals surface area contributed by atoms with E-state index in [-0.39, 0.29) is 0 Å². The molecule has 1 atom stereocenters. The van der Waals surface area contributed by atoms with E-state index in [1.165, 1.54) is 29.5 Å². The molecule has 0 aromatic heterocycles.